The summed E-state index contributed by atoms with van der Waals surface area (Å²) in [7, 11) is 1.47. The Morgan fingerprint density at radius 2 is 1.88 bits per heavy atom. The molecule has 4 aliphatic rings. The number of rotatable bonds is 2. The first-order chi connectivity index (χ1) is 19.3. The van der Waals surface area contributed by atoms with Crippen molar-refractivity contribution in [3.63, 3.8) is 0 Å². The zero-order chi connectivity index (χ0) is 28.1. The number of nitrogens with zero attached hydrogens (tertiary/aromatic N) is 6. The highest BCUT2D eigenvalue weighted by Gasteiger charge is 2.38. The van der Waals surface area contributed by atoms with Gasteiger partial charge in [-0.3, -0.25) is 14.4 Å². The van der Waals surface area contributed by atoms with Crippen LogP contribution in [0.5, 0.6) is 11.5 Å². The molecule has 1 unspecified atom stereocenters. The molecule has 6 heterocycles. The summed E-state index contributed by atoms with van der Waals surface area (Å²) in [4.78, 5) is 46.2. The van der Waals surface area contributed by atoms with Crippen molar-refractivity contribution in [2.75, 3.05) is 57.9 Å². The van der Waals surface area contributed by atoms with Crippen LogP contribution >= 0.6 is 0 Å². The molecule has 12 heteroatoms. The molecule has 4 aliphatic heterocycles. The van der Waals surface area contributed by atoms with Crippen LogP contribution in [0.2, 0.25) is 0 Å². The molecule has 0 radical (unpaired) electrons. The molecule has 1 saturated heterocycles. The molecule has 2 aromatic heterocycles. The molecule has 40 heavy (non-hydrogen) atoms. The molecule has 4 bridgehead atoms. The van der Waals surface area contributed by atoms with Crippen LogP contribution in [0.15, 0.2) is 23.0 Å². The first kappa shape index (κ1) is 26.1. The number of carbonyl (C=O) groups excluding carboxylic acids is 2. The number of piperazine rings is 1. The van der Waals surface area contributed by atoms with E-state index in [0.717, 1.165) is 0 Å². The first-order valence-corrected chi connectivity index (χ1v) is 13.8. The molecule has 1 fully saturated rings. The zero-order valence-electron chi connectivity index (χ0n) is 23.0. The lowest BCUT2D eigenvalue weighted by Crippen LogP contribution is -2.49. The zero-order valence-corrected chi connectivity index (χ0v) is 23.0. The second kappa shape index (κ2) is 10.1. The maximum Gasteiger partial charge on any atom is 0.280 e. The topological polar surface area (TPSA) is 102 Å². The Labute approximate surface area is 230 Å². The van der Waals surface area contributed by atoms with Gasteiger partial charge in [-0.2, -0.15) is 0 Å². The number of hydrogen-bond acceptors (Lipinski definition) is 7. The van der Waals surface area contributed by atoms with Gasteiger partial charge in [-0.15, -0.1) is 5.10 Å². The normalized spacial score (nSPS) is 19.7. The number of benzene rings is 1. The van der Waals surface area contributed by atoms with E-state index in [1.165, 1.54) is 23.9 Å². The molecule has 2 amide bonds. The Morgan fingerprint density at radius 1 is 1.12 bits per heavy atom. The van der Waals surface area contributed by atoms with E-state index in [4.69, 9.17) is 14.6 Å². The fraction of sp³-hybridized carbons (Fsp3) is 0.500. The van der Waals surface area contributed by atoms with Crippen LogP contribution in [0.4, 0.5) is 10.2 Å². The number of ether oxygens (including phenoxy) is 2. The van der Waals surface area contributed by atoms with Gasteiger partial charge in [0.2, 0.25) is 5.91 Å². The van der Waals surface area contributed by atoms with Crippen LogP contribution < -0.4 is 19.9 Å². The molecule has 1 atom stereocenters. The van der Waals surface area contributed by atoms with Crippen molar-refractivity contribution < 1.29 is 23.5 Å². The molecule has 0 aliphatic carbocycles. The molecular weight excluding hydrogens is 519 g/mol. The number of likely N-dealkylation sites (N-methyl/N-ethyl adjacent to an activating group) is 1. The number of fused-ring (bicyclic) bond motifs is 9. The first-order valence-electron chi connectivity index (χ1n) is 13.8. The van der Waals surface area contributed by atoms with Crippen LogP contribution in [0.3, 0.4) is 0 Å². The smallest absolute Gasteiger partial charge is 0.280 e. The van der Waals surface area contributed by atoms with Gasteiger partial charge >= 0.3 is 0 Å². The highest BCUT2D eigenvalue weighted by Crippen LogP contribution is 2.41. The summed E-state index contributed by atoms with van der Waals surface area (Å²) >= 11 is 0. The van der Waals surface area contributed by atoms with Gasteiger partial charge in [-0.1, -0.05) is 6.07 Å². The van der Waals surface area contributed by atoms with E-state index >= 15 is 0 Å². The molecular formula is C28H33FN6O5. The molecule has 0 N–H and O–H groups in total. The maximum absolute atomic E-state index is 14.2. The summed E-state index contributed by atoms with van der Waals surface area (Å²) < 4.78 is 29.1. The number of carbonyl (C=O) groups is 2. The number of amides is 2. The van der Waals surface area contributed by atoms with Crippen molar-refractivity contribution in [1.82, 2.24) is 24.1 Å². The summed E-state index contributed by atoms with van der Waals surface area (Å²) in [6, 6.07) is 4.06. The van der Waals surface area contributed by atoms with E-state index in [1.807, 2.05) is 23.3 Å². The van der Waals surface area contributed by atoms with Crippen molar-refractivity contribution in [2.45, 2.75) is 39.3 Å². The second-order valence-corrected chi connectivity index (χ2v) is 10.5. The third-order valence-electron chi connectivity index (χ3n) is 8.11. The summed E-state index contributed by atoms with van der Waals surface area (Å²) in [6.07, 6.45) is 0.826. The average Bonchev–Trinajstić information content (AvgIpc) is 3.31. The minimum Gasteiger partial charge on any atom is -0.493 e. The number of anilines is 1. The SMILES string of the molecule is CCN1CC(C)n2c(c(OC)c3c(=O)n4nc(c32)N2CCN(CC2)C(=O)CCCOc2cc(F)ccc2C4)C1=O. The highest BCUT2D eigenvalue weighted by atomic mass is 19.1. The van der Waals surface area contributed by atoms with Gasteiger partial charge in [0, 0.05) is 63.4 Å². The van der Waals surface area contributed by atoms with Crippen molar-refractivity contribution in [2.24, 2.45) is 0 Å². The Hall–Kier alpha value is -4.09. The standard InChI is InChI=1S/C28H33FN6O5/c1-4-31-15-17(2)35-23-22(25(39-3)24(35)28(31)38)27(37)34-16-18-7-8-19(29)14-20(18)40-13-5-6-21(36)32-9-11-33(12-10-32)26(23)30-34/h7-8,14,17H,4-6,9-13,15-16H2,1-3H3. The summed E-state index contributed by atoms with van der Waals surface area (Å²) in [6.45, 7) is 7.31. The highest BCUT2D eigenvalue weighted by molar-refractivity contribution is 6.07. The van der Waals surface area contributed by atoms with Gasteiger partial charge in [-0.25, -0.2) is 9.07 Å². The molecule has 11 nitrogen and oxygen atoms in total. The molecule has 0 saturated carbocycles. The third kappa shape index (κ3) is 4.16. The number of aromatic nitrogens is 3. The van der Waals surface area contributed by atoms with Gasteiger partial charge < -0.3 is 28.7 Å². The summed E-state index contributed by atoms with van der Waals surface area (Å²) in [5.41, 5.74) is 1.07. The predicted octanol–water partition coefficient (Wildman–Crippen LogP) is 2.25. The minimum atomic E-state index is -0.464. The fourth-order valence-electron chi connectivity index (χ4n) is 6.07. The third-order valence-corrected chi connectivity index (χ3v) is 8.11. The van der Waals surface area contributed by atoms with Crippen molar-refractivity contribution in [1.29, 1.82) is 0 Å². The van der Waals surface area contributed by atoms with E-state index in [-0.39, 0.29) is 42.1 Å². The van der Waals surface area contributed by atoms with Crippen LogP contribution in [-0.2, 0) is 11.3 Å². The minimum absolute atomic E-state index is 0.0323. The van der Waals surface area contributed by atoms with Gasteiger partial charge in [0.1, 0.15) is 22.5 Å². The van der Waals surface area contributed by atoms with E-state index in [9.17, 15) is 18.8 Å². The van der Waals surface area contributed by atoms with Crippen molar-refractivity contribution >= 4 is 28.5 Å². The quantitative estimate of drug-likeness (QED) is 0.481. The van der Waals surface area contributed by atoms with Crippen LogP contribution in [0.1, 0.15) is 48.8 Å². The Kier molecular flexibility index (Phi) is 6.63. The van der Waals surface area contributed by atoms with Gasteiger partial charge in [0.05, 0.1) is 20.3 Å². The summed E-state index contributed by atoms with van der Waals surface area (Å²) in [5.74, 6) is 0.463. The summed E-state index contributed by atoms with van der Waals surface area (Å²) in [5, 5.41) is 5.14. The molecule has 212 valence electrons. The number of hydrogen-bond donors (Lipinski definition) is 0. The van der Waals surface area contributed by atoms with E-state index in [2.05, 4.69) is 4.90 Å². The molecule has 0 spiro atoms. The number of halogens is 1. The lowest BCUT2D eigenvalue weighted by molar-refractivity contribution is -0.131. The van der Waals surface area contributed by atoms with Crippen molar-refractivity contribution in [3.05, 3.63) is 45.6 Å². The number of methoxy groups -OCH3 is 1. The lowest BCUT2D eigenvalue weighted by atomic mass is 10.2. The largest absolute Gasteiger partial charge is 0.493 e. The molecule has 3 aromatic rings. The lowest BCUT2D eigenvalue weighted by Gasteiger charge is -2.37. The second-order valence-electron chi connectivity index (χ2n) is 10.5. The van der Waals surface area contributed by atoms with Crippen LogP contribution in [0.25, 0.3) is 10.9 Å². The Balaban J connectivity index is 1.61. The van der Waals surface area contributed by atoms with E-state index < -0.39 is 11.4 Å². The van der Waals surface area contributed by atoms with Crippen LogP contribution in [0, 0.1) is 5.82 Å². The molecule has 7 rings (SSSR count). The van der Waals surface area contributed by atoms with E-state index in [1.54, 1.807) is 11.0 Å². The van der Waals surface area contributed by atoms with Crippen molar-refractivity contribution in [3.8, 4) is 11.5 Å². The molecule has 1 aromatic carbocycles. The predicted molar refractivity (Wildman–Crippen MR) is 146 cm³/mol. The Bertz CT molecular complexity index is 1560. The monoisotopic (exact) mass is 552 g/mol. The fourth-order valence-corrected chi connectivity index (χ4v) is 6.07. The van der Waals surface area contributed by atoms with Crippen LogP contribution in [-0.4, -0.2) is 88.9 Å². The average molecular weight is 553 g/mol. The Morgan fingerprint density at radius 3 is 2.60 bits per heavy atom. The maximum atomic E-state index is 14.2. The van der Waals surface area contributed by atoms with Gasteiger partial charge in [-0.05, 0) is 26.3 Å². The van der Waals surface area contributed by atoms with E-state index in [0.29, 0.717) is 80.5 Å². The van der Waals surface area contributed by atoms with Gasteiger partial charge in [0.15, 0.2) is 17.3 Å². The van der Waals surface area contributed by atoms with Gasteiger partial charge in [0.25, 0.3) is 11.5 Å².